The molecule has 2 rings (SSSR count). The lowest BCUT2D eigenvalue weighted by atomic mass is 10.1. The minimum absolute atomic E-state index is 0.0596. The first-order chi connectivity index (χ1) is 8.58. The highest BCUT2D eigenvalue weighted by atomic mass is 35.5. The summed E-state index contributed by atoms with van der Waals surface area (Å²) < 4.78 is 5.65. The standard InChI is InChI=1S/C14H10Cl2O2/c1-9(17)11-4-2-3-5-13(11)18-14-7-6-10(15)8-12(14)16/h2-8H,1H3. The number of carbonyl (C=O) groups excluding carboxylic acids is 1. The van der Waals surface area contributed by atoms with Gasteiger partial charge in [0.2, 0.25) is 0 Å². The molecule has 0 unspecified atom stereocenters. The fraction of sp³-hybridized carbons (Fsp3) is 0.0714. The average Bonchev–Trinajstić information content (AvgIpc) is 2.33. The number of para-hydroxylation sites is 1. The molecule has 0 fully saturated rings. The van der Waals surface area contributed by atoms with E-state index in [4.69, 9.17) is 27.9 Å². The number of Topliss-reactive ketones (excluding diaryl/α,β-unsaturated/α-hetero) is 1. The van der Waals surface area contributed by atoms with Gasteiger partial charge >= 0.3 is 0 Å². The van der Waals surface area contributed by atoms with Crippen LogP contribution in [0.25, 0.3) is 0 Å². The third kappa shape index (κ3) is 2.84. The number of carbonyl (C=O) groups is 1. The van der Waals surface area contributed by atoms with Gasteiger partial charge in [-0.15, -0.1) is 0 Å². The molecule has 0 aliphatic rings. The van der Waals surface area contributed by atoms with Crippen LogP contribution in [-0.4, -0.2) is 5.78 Å². The molecule has 4 heteroatoms. The first kappa shape index (κ1) is 12.9. The van der Waals surface area contributed by atoms with Crippen LogP contribution in [0, 0.1) is 0 Å². The number of benzene rings is 2. The maximum atomic E-state index is 11.5. The molecule has 0 atom stereocenters. The van der Waals surface area contributed by atoms with Gasteiger partial charge in [-0.05, 0) is 37.3 Å². The van der Waals surface area contributed by atoms with Gasteiger partial charge in [0.15, 0.2) is 5.78 Å². The van der Waals surface area contributed by atoms with E-state index in [0.717, 1.165) is 0 Å². The molecule has 0 heterocycles. The molecule has 0 spiro atoms. The Hall–Kier alpha value is -1.51. The average molecular weight is 281 g/mol. The van der Waals surface area contributed by atoms with E-state index >= 15 is 0 Å². The summed E-state index contributed by atoms with van der Waals surface area (Å²) in [7, 11) is 0. The van der Waals surface area contributed by atoms with E-state index < -0.39 is 0 Å². The predicted octanol–water partition coefficient (Wildman–Crippen LogP) is 4.99. The zero-order chi connectivity index (χ0) is 13.1. The quantitative estimate of drug-likeness (QED) is 0.741. The summed E-state index contributed by atoms with van der Waals surface area (Å²) in [6.07, 6.45) is 0. The van der Waals surface area contributed by atoms with Gasteiger partial charge in [0.05, 0.1) is 10.6 Å². The Morgan fingerprint density at radius 2 is 1.78 bits per heavy atom. The van der Waals surface area contributed by atoms with E-state index in [1.54, 1.807) is 42.5 Å². The molecule has 2 aromatic carbocycles. The van der Waals surface area contributed by atoms with Crippen LogP contribution < -0.4 is 4.74 Å². The van der Waals surface area contributed by atoms with E-state index in [-0.39, 0.29) is 5.78 Å². The van der Waals surface area contributed by atoms with Gasteiger partial charge in [-0.3, -0.25) is 4.79 Å². The maximum Gasteiger partial charge on any atom is 0.163 e. The van der Waals surface area contributed by atoms with E-state index in [2.05, 4.69) is 0 Å². The van der Waals surface area contributed by atoms with Gasteiger partial charge in [0.25, 0.3) is 0 Å². The lowest BCUT2D eigenvalue weighted by Gasteiger charge is -2.10. The van der Waals surface area contributed by atoms with Crippen LogP contribution in [0.15, 0.2) is 42.5 Å². The number of hydrogen-bond donors (Lipinski definition) is 0. The lowest BCUT2D eigenvalue weighted by Crippen LogP contribution is -1.96. The lowest BCUT2D eigenvalue weighted by molar-refractivity contribution is 0.101. The highest BCUT2D eigenvalue weighted by Gasteiger charge is 2.10. The van der Waals surface area contributed by atoms with Crippen LogP contribution >= 0.6 is 23.2 Å². The molecule has 2 aromatic rings. The van der Waals surface area contributed by atoms with Crippen LogP contribution in [-0.2, 0) is 0 Å². The van der Waals surface area contributed by atoms with Gasteiger partial charge in [0.1, 0.15) is 11.5 Å². The highest BCUT2D eigenvalue weighted by Crippen LogP contribution is 2.33. The number of ether oxygens (including phenoxy) is 1. The van der Waals surface area contributed by atoms with Crippen molar-refractivity contribution < 1.29 is 9.53 Å². The van der Waals surface area contributed by atoms with Crippen molar-refractivity contribution in [3.63, 3.8) is 0 Å². The summed E-state index contributed by atoms with van der Waals surface area (Å²) in [5.41, 5.74) is 0.517. The maximum absolute atomic E-state index is 11.5. The third-order valence-electron chi connectivity index (χ3n) is 2.38. The topological polar surface area (TPSA) is 26.3 Å². The second kappa shape index (κ2) is 5.42. The molecule has 0 aliphatic carbocycles. The van der Waals surface area contributed by atoms with Crippen LogP contribution in [0.5, 0.6) is 11.5 Å². The molecule has 0 aromatic heterocycles. The van der Waals surface area contributed by atoms with Crippen molar-refractivity contribution in [1.29, 1.82) is 0 Å². The summed E-state index contributed by atoms with van der Waals surface area (Å²) in [4.78, 5) is 11.5. The predicted molar refractivity (Wildman–Crippen MR) is 73.0 cm³/mol. The molecule has 0 saturated carbocycles. The summed E-state index contributed by atoms with van der Waals surface area (Å²) in [5.74, 6) is 0.889. The van der Waals surface area contributed by atoms with Crippen LogP contribution in [0.4, 0.5) is 0 Å². The van der Waals surface area contributed by atoms with Gasteiger partial charge < -0.3 is 4.74 Å². The van der Waals surface area contributed by atoms with Crippen molar-refractivity contribution in [2.75, 3.05) is 0 Å². The van der Waals surface area contributed by atoms with E-state index in [1.807, 2.05) is 0 Å². The second-order valence-corrected chi connectivity index (χ2v) is 4.57. The Bertz CT molecular complexity index is 594. The minimum Gasteiger partial charge on any atom is -0.455 e. The molecule has 18 heavy (non-hydrogen) atoms. The van der Waals surface area contributed by atoms with Crippen LogP contribution in [0.1, 0.15) is 17.3 Å². The van der Waals surface area contributed by atoms with Crippen LogP contribution in [0.2, 0.25) is 10.0 Å². The second-order valence-electron chi connectivity index (χ2n) is 3.73. The van der Waals surface area contributed by atoms with Crippen molar-refractivity contribution >= 4 is 29.0 Å². The fourth-order valence-electron chi connectivity index (χ4n) is 1.52. The normalized spacial score (nSPS) is 10.2. The Kier molecular flexibility index (Phi) is 3.90. The summed E-state index contributed by atoms with van der Waals surface area (Å²) in [6, 6.07) is 12.0. The van der Waals surface area contributed by atoms with Crippen LogP contribution in [0.3, 0.4) is 0 Å². The zero-order valence-electron chi connectivity index (χ0n) is 9.61. The molecular weight excluding hydrogens is 271 g/mol. The Morgan fingerprint density at radius 1 is 1.06 bits per heavy atom. The monoisotopic (exact) mass is 280 g/mol. The number of halogens is 2. The molecule has 0 saturated heterocycles. The van der Waals surface area contributed by atoms with Gasteiger partial charge in [-0.25, -0.2) is 0 Å². The summed E-state index contributed by atoms with van der Waals surface area (Å²) in [6.45, 7) is 1.49. The van der Waals surface area contributed by atoms with E-state index in [9.17, 15) is 4.79 Å². The Balaban J connectivity index is 2.37. The van der Waals surface area contributed by atoms with Gasteiger partial charge in [0, 0.05) is 5.02 Å². The molecule has 0 aliphatic heterocycles. The summed E-state index contributed by atoms with van der Waals surface area (Å²) >= 11 is 11.8. The first-order valence-corrected chi connectivity index (χ1v) is 6.06. The third-order valence-corrected chi connectivity index (χ3v) is 2.91. The molecule has 2 nitrogen and oxygen atoms in total. The van der Waals surface area contributed by atoms with E-state index in [1.165, 1.54) is 6.92 Å². The fourth-order valence-corrected chi connectivity index (χ4v) is 1.97. The molecule has 0 radical (unpaired) electrons. The zero-order valence-corrected chi connectivity index (χ0v) is 11.1. The van der Waals surface area contributed by atoms with Gasteiger partial charge in [-0.2, -0.15) is 0 Å². The molecule has 0 N–H and O–H groups in total. The minimum atomic E-state index is -0.0596. The van der Waals surface area contributed by atoms with Crippen molar-refractivity contribution in [2.45, 2.75) is 6.92 Å². The van der Waals surface area contributed by atoms with Crippen molar-refractivity contribution in [1.82, 2.24) is 0 Å². The number of rotatable bonds is 3. The summed E-state index contributed by atoms with van der Waals surface area (Å²) in [5, 5.41) is 0.938. The number of ketones is 1. The highest BCUT2D eigenvalue weighted by molar-refractivity contribution is 6.35. The SMILES string of the molecule is CC(=O)c1ccccc1Oc1ccc(Cl)cc1Cl. The number of hydrogen-bond acceptors (Lipinski definition) is 2. The molecular formula is C14H10Cl2O2. The van der Waals surface area contributed by atoms with Gasteiger partial charge in [-0.1, -0.05) is 35.3 Å². The van der Waals surface area contributed by atoms with Crippen molar-refractivity contribution in [3.05, 3.63) is 58.1 Å². The van der Waals surface area contributed by atoms with E-state index in [0.29, 0.717) is 27.1 Å². The molecule has 0 amide bonds. The van der Waals surface area contributed by atoms with Crippen molar-refractivity contribution in [2.24, 2.45) is 0 Å². The largest absolute Gasteiger partial charge is 0.455 e. The first-order valence-electron chi connectivity index (χ1n) is 5.31. The Morgan fingerprint density at radius 3 is 2.44 bits per heavy atom. The Labute approximate surface area is 115 Å². The molecule has 0 bridgehead atoms. The van der Waals surface area contributed by atoms with Crippen molar-refractivity contribution in [3.8, 4) is 11.5 Å². The smallest absolute Gasteiger partial charge is 0.163 e. The molecule has 92 valence electrons.